The normalized spacial score (nSPS) is 21.1. The molecule has 1 atom stereocenters. The minimum absolute atomic E-state index is 0.768. The van der Waals surface area contributed by atoms with Crippen molar-refractivity contribution in [2.24, 2.45) is 5.92 Å². The number of likely N-dealkylation sites (tertiary alicyclic amines) is 1. The van der Waals surface area contributed by atoms with Crippen molar-refractivity contribution in [1.82, 2.24) is 14.5 Å². The molecule has 2 heterocycles. The van der Waals surface area contributed by atoms with Gasteiger partial charge in [-0.15, -0.1) is 0 Å². The van der Waals surface area contributed by atoms with E-state index in [0.717, 1.165) is 25.0 Å². The first kappa shape index (κ1) is 13.4. The molecule has 1 N–H and O–H groups in total. The Hall–Kier alpha value is -1.03. The Bertz CT molecular complexity index is 347. The number of hydrogen-bond acceptors (Lipinski definition) is 3. The molecule has 0 amide bonds. The molecule has 1 unspecified atom stereocenters. The SMILES string of the molecule is CCCCNc1nccn1CC1CCCN(C)C1. The number of nitrogens with zero attached hydrogens (tertiary/aromatic N) is 3. The molecule has 1 fully saturated rings. The largest absolute Gasteiger partial charge is 0.356 e. The molecule has 1 saturated heterocycles. The van der Waals surface area contributed by atoms with Crippen molar-refractivity contribution in [3.05, 3.63) is 12.4 Å². The summed E-state index contributed by atoms with van der Waals surface area (Å²) in [4.78, 5) is 6.85. The van der Waals surface area contributed by atoms with Crippen molar-refractivity contribution in [2.45, 2.75) is 39.2 Å². The number of unbranched alkanes of at least 4 members (excludes halogenated alkanes) is 1. The third kappa shape index (κ3) is 3.73. The van der Waals surface area contributed by atoms with E-state index in [1.807, 2.05) is 6.20 Å². The van der Waals surface area contributed by atoms with E-state index in [9.17, 15) is 0 Å². The van der Waals surface area contributed by atoms with Gasteiger partial charge in [-0.2, -0.15) is 0 Å². The van der Waals surface area contributed by atoms with Crippen LogP contribution >= 0.6 is 0 Å². The lowest BCUT2D eigenvalue weighted by molar-refractivity contribution is 0.195. The highest BCUT2D eigenvalue weighted by atomic mass is 15.2. The van der Waals surface area contributed by atoms with Crippen LogP contribution in [0, 0.1) is 5.92 Å². The molecular weight excluding hydrogens is 224 g/mol. The molecular formula is C14H26N4. The van der Waals surface area contributed by atoms with E-state index in [0.29, 0.717) is 0 Å². The maximum atomic E-state index is 4.41. The number of rotatable bonds is 6. The predicted molar refractivity (Wildman–Crippen MR) is 75.8 cm³/mol. The Morgan fingerprint density at radius 1 is 1.50 bits per heavy atom. The van der Waals surface area contributed by atoms with E-state index in [1.165, 1.54) is 38.8 Å². The van der Waals surface area contributed by atoms with Crippen LogP contribution in [0.1, 0.15) is 32.6 Å². The number of imidazole rings is 1. The minimum atomic E-state index is 0.768. The summed E-state index contributed by atoms with van der Waals surface area (Å²) >= 11 is 0. The smallest absolute Gasteiger partial charge is 0.202 e. The first-order chi connectivity index (χ1) is 8.79. The molecule has 1 aromatic heterocycles. The Kier molecular flexibility index (Phi) is 5.05. The molecule has 0 aliphatic carbocycles. The Labute approximate surface area is 110 Å². The minimum Gasteiger partial charge on any atom is -0.356 e. The van der Waals surface area contributed by atoms with E-state index >= 15 is 0 Å². The first-order valence-electron chi connectivity index (χ1n) is 7.23. The van der Waals surface area contributed by atoms with Gasteiger partial charge in [0.1, 0.15) is 0 Å². The maximum absolute atomic E-state index is 4.41. The van der Waals surface area contributed by atoms with E-state index in [1.54, 1.807) is 0 Å². The molecule has 4 nitrogen and oxygen atoms in total. The fourth-order valence-electron chi connectivity index (χ4n) is 2.70. The lowest BCUT2D eigenvalue weighted by Gasteiger charge is -2.30. The summed E-state index contributed by atoms with van der Waals surface area (Å²) in [6.07, 6.45) is 9.11. The van der Waals surface area contributed by atoms with Crippen LogP contribution in [0.4, 0.5) is 5.95 Å². The van der Waals surface area contributed by atoms with Crippen molar-refractivity contribution >= 4 is 5.95 Å². The lowest BCUT2D eigenvalue weighted by atomic mass is 9.98. The maximum Gasteiger partial charge on any atom is 0.202 e. The van der Waals surface area contributed by atoms with E-state index < -0.39 is 0 Å². The van der Waals surface area contributed by atoms with Crippen molar-refractivity contribution in [1.29, 1.82) is 0 Å². The molecule has 2 rings (SSSR count). The highest BCUT2D eigenvalue weighted by molar-refractivity contribution is 5.25. The molecule has 0 saturated carbocycles. The van der Waals surface area contributed by atoms with Gasteiger partial charge in [0.25, 0.3) is 0 Å². The number of piperidine rings is 1. The molecule has 1 aromatic rings. The van der Waals surface area contributed by atoms with Crippen LogP contribution in [0.3, 0.4) is 0 Å². The topological polar surface area (TPSA) is 33.1 Å². The summed E-state index contributed by atoms with van der Waals surface area (Å²) in [6, 6.07) is 0. The van der Waals surface area contributed by atoms with Crippen LogP contribution in [0.5, 0.6) is 0 Å². The monoisotopic (exact) mass is 250 g/mol. The van der Waals surface area contributed by atoms with Gasteiger partial charge in [-0.3, -0.25) is 0 Å². The second kappa shape index (κ2) is 6.78. The second-order valence-electron chi connectivity index (χ2n) is 5.45. The van der Waals surface area contributed by atoms with Crippen LogP contribution in [0.2, 0.25) is 0 Å². The summed E-state index contributed by atoms with van der Waals surface area (Å²) in [5.41, 5.74) is 0. The molecule has 18 heavy (non-hydrogen) atoms. The summed E-state index contributed by atoms with van der Waals surface area (Å²) in [6.45, 7) is 6.80. The Balaban J connectivity index is 1.86. The predicted octanol–water partition coefficient (Wildman–Crippen LogP) is 2.44. The van der Waals surface area contributed by atoms with Crippen LogP contribution in [-0.4, -0.2) is 41.1 Å². The van der Waals surface area contributed by atoms with Gasteiger partial charge in [-0.1, -0.05) is 13.3 Å². The van der Waals surface area contributed by atoms with Gasteiger partial charge in [0, 0.05) is 32.0 Å². The van der Waals surface area contributed by atoms with Crippen LogP contribution in [0.25, 0.3) is 0 Å². The zero-order valence-electron chi connectivity index (χ0n) is 11.7. The zero-order chi connectivity index (χ0) is 12.8. The molecule has 0 spiro atoms. The molecule has 0 aromatic carbocycles. The van der Waals surface area contributed by atoms with Gasteiger partial charge in [-0.25, -0.2) is 4.98 Å². The average molecular weight is 250 g/mol. The number of nitrogens with one attached hydrogen (secondary N) is 1. The highest BCUT2D eigenvalue weighted by Crippen LogP contribution is 2.18. The van der Waals surface area contributed by atoms with Gasteiger partial charge >= 0.3 is 0 Å². The van der Waals surface area contributed by atoms with Gasteiger partial charge < -0.3 is 14.8 Å². The molecule has 0 radical (unpaired) electrons. The molecule has 102 valence electrons. The van der Waals surface area contributed by atoms with Gasteiger partial charge in [0.2, 0.25) is 5.95 Å². The highest BCUT2D eigenvalue weighted by Gasteiger charge is 2.18. The van der Waals surface area contributed by atoms with E-state index in [-0.39, 0.29) is 0 Å². The summed E-state index contributed by atoms with van der Waals surface area (Å²) in [7, 11) is 2.22. The molecule has 1 aliphatic heterocycles. The third-order valence-electron chi connectivity index (χ3n) is 3.71. The second-order valence-corrected chi connectivity index (χ2v) is 5.45. The van der Waals surface area contributed by atoms with Crippen molar-refractivity contribution < 1.29 is 0 Å². The number of hydrogen-bond donors (Lipinski definition) is 1. The van der Waals surface area contributed by atoms with E-state index in [2.05, 4.69) is 39.9 Å². The molecule has 4 heteroatoms. The summed E-state index contributed by atoms with van der Waals surface area (Å²) < 4.78 is 2.28. The Morgan fingerprint density at radius 3 is 3.17 bits per heavy atom. The van der Waals surface area contributed by atoms with E-state index in [4.69, 9.17) is 0 Å². The fraction of sp³-hybridized carbons (Fsp3) is 0.786. The zero-order valence-corrected chi connectivity index (χ0v) is 11.7. The fourth-order valence-corrected chi connectivity index (χ4v) is 2.70. The van der Waals surface area contributed by atoms with Gasteiger partial charge in [0.05, 0.1) is 0 Å². The van der Waals surface area contributed by atoms with Crippen LogP contribution in [0.15, 0.2) is 12.4 Å². The van der Waals surface area contributed by atoms with Crippen molar-refractivity contribution in [2.75, 3.05) is 32.0 Å². The standard InChI is InChI=1S/C14H26N4/c1-3-4-7-15-14-16-8-10-18(14)12-13-6-5-9-17(2)11-13/h8,10,13H,3-7,9,11-12H2,1-2H3,(H,15,16). The number of anilines is 1. The van der Waals surface area contributed by atoms with Crippen molar-refractivity contribution in [3.63, 3.8) is 0 Å². The summed E-state index contributed by atoms with van der Waals surface area (Å²) in [5, 5.41) is 3.43. The Morgan fingerprint density at radius 2 is 2.39 bits per heavy atom. The molecule has 0 bridgehead atoms. The third-order valence-corrected chi connectivity index (χ3v) is 3.71. The van der Waals surface area contributed by atoms with Crippen molar-refractivity contribution in [3.8, 4) is 0 Å². The molecule has 1 aliphatic rings. The van der Waals surface area contributed by atoms with Crippen LogP contribution < -0.4 is 5.32 Å². The van der Waals surface area contributed by atoms with Gasteiger partial charge in [0.15, 0.2) is 0 Å². The average Bonchev–Trinajstić information content (AvgIpc) is 2.77. The quantitative estimate of drug-likeness (QED) is 0.787. The van der Waals surface area contributed by atoms with Crippen LogP contribution in [-0.2, 0) is 6.54 Å². The number of aromatic nitrogens is 2. The van der Waals surface area contributed by atoms with Gasteiger partial charge in [-0.05, 0) is 38.8 Å². The summed E-state index contributed by atoms with van der Waals surface area (Å²) in [5.74, 6) is 1.81. The lowest BCUT2D eigenvalue weighted by Crippen LogP contribution is -2.34. The first-order valence-corrected chi connectivity index (χ1v) is 7.23.